The first-order valence-electron chi connectivity index (χ1n) is 13.0. The van der Waals surface area contributed by atoms with Crippen LogP contribution in [0.3, 0.4) is 0 Å². The Bertz CT molecular complexity index is 1720. The summed E-state index contributed by atoms with van der Waals surface area (Å²) in [4.78, 5) is 29.4. The van der Waals surface area contributed by atoms with Gasteiger partial charge in [0.1, 0.15) is 5.75 Å². The summed E-state index contributed by atoms with van der Waals surface area (Å²) in [6, 6.07) is 31.5. The van der Waals surface area contributed by atoms with Gasteiger partial charge in [-0.05, 0) is 65.6 Å². The second kappa shape index (κ2) is 11.2. The van der Waals surface area contributed by atoms with Crippen molar-refractivity contribution in [3.63, 3.8) is 0 Å². The molecule has 6 rings (SSSR count). The van der Waals surface area contributed by atoms with Crippen LogP contribution in [-0.4, -0.2) is 18.8 Å². The summed E-state index contributed by atoms with van der Waals surface area (Å²) in [5.41, 5.74) is 7.80. The molecule has 0 bridgehead atoms. The van der Waals surface area contributed by atoms with E-state index in [2.05, 4.69) is 42.6 Å². The van der Waals surface area contributed by atoms with Crippen molar-refractivity contribution in [2.75, 3.05) is 7.11 Å². The van der Waals surface area contributed by atoms with E-state index in [1.165, 1.54) is 11.1 Å². The fourth-order valence-corrected chi connectivity index (χ4v) is 7.20. The first-order chi connectivity index (χ1) is 19.5. The standard InChI is InChI=1S/C34H27NO3S2/c1-21-7-9-22(10-8-21)19-35-34(37)31-18-25-20-39-30-17-24(13-16-29(30)33(25)40-31)27-5-3-4-6-28(27)32(36)23-11-14-26(38-2)15-12-23/h3-18H,19-20H2,1-2H3,(H,35,37). The van der Waals surface area contributed by atoms with Gasteiger partial charge in [0.05, 0.1) is 12.0 Å². The molecule has 4 aromatic carbocycles. The fraction of sp³-hybridized carbons (Fsp3) is 0.118. The third-order valence-electron chi connectivity index (χ3n) is 7.05. The van der Waals surface area contributed by atoms with Crippen LogP contribution in [-0.2, 0) is 12.3 Å². The number of thiophene rings is 1. The van der Waals surface area contributed by atoms with E-state index in [0.717, 1.165) is 48.4 Å². The van der Waals surface area contributed by atoms with Crippen molar-refractivity contribution in [1.29, 1.82) is 0 Å². The molecule has 1 amide bonds. The van der Waals surface area contributed by atoms with Crippen molar-refractivity contribution in [2.45, 2.75) is 24.1 Å². The molecule has 198 valence electrons. The third-order valence-corrected chi connectivity index (χ3v) is 9.36. The Labute approximate surface area is 242 Å². The number of ether oxygens (including phenoxy) is 1. The molecule has 1 N–H and O–H groups in total. The minimum absolute atomic E-state index is 0.0227. The molecule has 0 spiro atoms. The van der Waals surface area contributed by atoms with Gasteiger partial charge in [0.25, 0.3) is 5.91 Å². The number of carbonyl (C=O) groups excluding carboxylic acids is 2. The molecule has 0 radical (unpaired) electrons. The summed E-state index contributed by atoms with van der Waals surface area (Å²) in [5, 5.41) is 3.06. The van der Waals surface area contributed by atoms with Gasteiger partial charge in [-0.1, -0.05) is 66.2 Å². The Kier molecular flexibility index (Phi) is 7.29. The van der Waals surface area contributed by atoms with Gasteiger partial charge in [0.15, 0.2) is 5.78 Å². The van der Waals surface area contributed by atoms with E-state index in [-0.39, 0.29) is 11.7 Å². The number of carbonyl (C=O) groups is 2. The van der Waals surface area contributed by atoms with Crippen molar-refractivity contribution in [3.8, 4) is 27.3 Å². The molecule has 1 aliphatic heterocycles. The van der Waals surface area contributed by atoms with E-state index in [4.69, 9.17) is 4.74 Å². The van der Waals surface area contributed by atoms with Crippen LogP contribution >= 0.6 is 23.1 Å². The molecule has 2 heterocycles. The third kappa shape index (κ3) is 5.20. The zero-order chi connectivity index (χ0) is 27.6. The summed E-state index contributed by atoms with van der Waals surface area (Å²) >= 11 is 3.31. The molecule has 5 aromatic rings. The zero-order valence-corrected chi connectivity index (χ0v) is 23.8. The number of aryl methyl sites for hydroxylation is 1. The van der Waals surface area contributed by atoms with Crippen LogP contribution in [0, 0.1) is 6.92 Å². The predicted octanol–water partition coefficient (Wildman–Crippen LogP) is 8.17. The second-order valence-corrected chi connectivity index (χ2v) is 11.8. The van der Waals surface area contributed by atoms with Gasteiger partial charge in [-0.15, -0.1) is 23.1 Å². The Morgan fingerprint density at radius 3 is 2.42 bits per heavy atom. The summed E-state index contributed by atoms with van der Waals surface area (Å²) in [6.07, 6.45) is 0. The van der Waals surface area contributed by atoms with E-state index in [9.17, 15) is 9.59 Å². The maximum Gasteiger partial charge on any atom is 0.261 e. The normalized spacial score (nSPS) is 11.8. The molecule has 0 unspecified atom stereocenters. The minimum atomic E-state index is -0.0471. The predicted molar refractivity (Wildman–Crippen MR) is 164 cm³/mol. The van der Waals surface area contributed by atoms with E-state index in [1.54, 1.807) is 54.5 Å². The highest BCUT2D eigenvalue weighted by atomic mass is 32.2. The molecule has 1 aromatic heterocycles. The lowest BCUT2D eigenvalue weighted by molar-refractivity contribution is 0.0954. The van der Waals surface area contributed by atoms with Crippen molar-refractivity contribution in [1.82, 2.24) is 5.32 Å². The summed E-state index contributed by atoms with van der Waals surface area (Å²) < 4.78 is 5.24. The highest BCUT2D eigenvalue weighted by molar-refractivity contribution is 7.98. The van der Waals surface area contributed by atoms with Crippen LogP contribution in [0.15, 0.2) is 102 Å². The van der Waals surface area contributed by atoms with Crippen molar-refractivity contribution in [3.05, 3.63) is 130 Å². The molecule has 1 aliphatic rings. The van der Waals surface area contributed by atoms with E-state index in [1.807, 2.05) is 42.5 Å². The second-order valence-electron chi connectivity index (χ2n) is 9.74. The highest BCUT2D eigenvalue weighted by Crippen LogP contribution is 2.47. The van der Waals surface area contributed by atoms with Gasteiger partial charge in [-0.3, -0.25) is 9.59 Å². The molecular formula is C34H27NO3S2. The van der Waals surface area contributed by atoms with Crippen LogP contribution in [0.2, 0.25) is 0 Å². The molecule has 0 aliphatic carbocycles. The van der Waals surface area contributed by atoms with E-state index < -0.39 is 0 Å². The smallest absolute Gasteiger partial charge is 0.261 e. The highest BCUT2D eigenvalue weighted by Gasteiger charge is 2.23. The van der Waals surface area contributed by atoms with Crippen LogP contribution in [0.1, 0.15) is 42.3 Å². The largest absolute Gasteiger partial charge is 0.497 e. The number of fused-ring (bicyclic) bond motifs is 3. The monoisotopic (exact) mass is 561 g/mol. The lowest BCUT2D eigenvalue weighted by Gasteiger charge is -2.18. The van der Waals surface area contributed by atoms with Crippen molar-refractivity contribution >= 4 is 34.8 Å². The van der Waals surface area contributed by atoms with Crippen LogP contribution < -0.4 is 10.1 Å². The summed E-state index contributed by atoms with van der Waals surface area (Å²) in [6.45, 7) is 2.56. The Morgan fingerprint density at radius 2 is 1.65 bits per heavy atom. The molecule has 0 fully saturated rings. The summed E-state index contributed by atoms with van der Waals surface area (Å²) in [5.74, 6) is 1.45. The number of ketones is 1. The Hall–Kier alpha value is -4.13. The molecule has 4 nitrogen and oxygen atoms in total. The van der Waals surface area contributed by atoms with Crippen molar-refractivity contribution in [2.24, 2.45) is 0 Å². The number of thioether (sulfide) groups is 1. The number of amides is 1. The lowest BCUT2D eigenvalue weighted by atomic mass is 9.93. The van der Waals surface area contributed by atoms with E-state index >= 15 is 0 Å². The van der Waals surface area contributed by atoms with Crippen LogP contribution in [0.25, 0.3) is 21.6 Å². The van der Waals surface area contributed by atoms with E-state index in [0.29, 0.717) is 17.7 Å². The van der Waals surface area contributed by atoms with Gasteiger partial charge in [0, 0.05) is 38.8 Å². The summed E-state index contributed by atoms with van der Waals surface area (Å²) in [7, 11) is 1.61. The average Bonchev–Trinajstić information content (AvgIpc) is 3.45. The van der Waals surface area contributed by atoms with Gasteiger partial charge < -0.3 is 10.1 Å². The Morgan fingerprint density at radius 1 is 0.875 bits per heavy atom. The Balaban J connectivity index is 1.25. The van der Waals surface area contributed by atoms with Gasteiger partial charge >= 0.3 is 0 Å². The van der Waals surface area contributed by atoms with Gasteiger partial charge in [-0.2, -0.15) is 0 Å². The number of methoxy groups -OCH3 is 1. The topological polar surface area (TPSA) is 55.4 Å². The number of hydrogen-bond acceptors (Lipinski definition) is 5. The molecule has 0 saturated heterocycles. The van der Waals surface area contributed by atoms with Gasteiger partial charge in [-0.25, -0.2) is 0 Å². The zero-order valence-electron chi connectivity index (χ0n) is 22.2. The minimum Gasteiger partial charge on any atom is -0.497 e. The first kappa shape index (κ1) is 26.1. The number of hydrogen-bond donors (Lipinski definition) is 1. The van der Waals surface area contributed by atoms with Crippen LogP contribution in [0.5, 0.6) is 5.75 Å². The molecule has 0 saturated carbocycles. The quantitative estimate of drug-likeness (QED) is 0.204. The number of benzene rings is 4. The average molecular weight is 562 g/mol. The molecule has 6 heteroatoms. The molecule has 40 heavy (non-hydrogen) atoms. The maximum atomic E-state index is 13.4. The maximum absolute atomic E-state index is 13.4. The van der Waals surface area contributed by atoms with Gasteiger partial charge in [0.2, 0.25) is 0 Å². The number of rotatable bonds is 7. The number of nitrogens with one attached hydrogen (secondary N) is 1. The lowest BCUT2D eigenvalue weighted by Crippen LogP contribution is -2.21. The molecule has 0 atom stereocenters. The molecular weight excluding hydrogens is 535 g/mol. The van der Waals surface area contributed by atoms with Crippen molar-refractivity contribution < 1.29 is 14.3 Å². The SMILES string of the molecule is COc1ccc(C(=O)c2ccccc2-c2ccc3c(c2)SCc2cc(C(=O)NCc4ccc(C)cc4)sc2-3)cc1. The first-order valence-corrected chi connectivity index (χ1v) is 14.8. The van der Waals surface area contributed by atoms with Crippen LogP contribution in [0.4, 0.5) is 0 Å². The fourth-order valence-electron chi connectivity index (χ4n) is 4.83.